The number of furan rings is 1. The summed E-state index contributed by atoms with van der Waals surface area (Å²) in [6.45, 7) is 0. The summed E-state index contributed by atoms with van der Waals surface area (Å²) in [4.78, 5) is 25.7. The molecule has 7 nitrogen and oxygen atoms in total. The van der Waals surface area contributed by atoms with Gasteiger partial charge in [-0.25, -0.2) is 9.78 Å². The highest BCUT2D eigenvalue weighted by Gasteiger charge is 2.10. The summed E-state index contributed by atoms with van der Waals surface area (Å²) < 4.78 is 4.99. The van der Waals surface area contributed by atoms with Crippen LogP contribution < -0.4 is 0 Å². The van der Waals surface area contributed by atoms with Crippen molar-refractivity contribution >= 4 is 34.9 Å². The molecule has 2 heterocycles. The number of para-hydroxylation sites is 1. The maximum absolute atomic E-state index is 11.4. The third-order valence-electron chi connectivity index (χ3n) is 3.40. The molecule has 0 atom stereocenters. The van der Waals surface area contributed by atoms with Gasteiger partial charge in [0.05, 0.1) is 22.8 Å². The number of allylic oxidation sites excluding steroid dienone is 2. The fourth-order valence-electron chi connectivity index (χ4n) is 2.29. The molecule has 2 aromatic heterocycles. The number of aromatic nitrogens is 1. The van der Waals surface area contributed by atoms with Gasteiger partial charge >= 0.3 is 11.9 Å². The highest BCUT2D eigenvalue weighted by Crippen LogP contribution is 2.19. The Morgan fingerprint density at radius 2 is 1.92 bits per heavy atom. The van der Waals surface area contributed by atoms with E-state index in [0.29, 0.717) is 22.4 Å². The summed E-state index contributed by atoms with van der Waals surface area (Å²) in [5.74, 6) is -1.01. The van der Waals surface area contributed by atoms with Crippen LogP contribution in [0.1, 0.15) is 21.8 Å². The van der Waals surface area contributed by atoms with E-state index < -0.39 is 10.9 Å². The van der Waals surface area contributed by atoms with Crippen molar-refractivity contribution in [3.05, 3.63) is 81.7 Å². The standard InChI is InChI=1S/C18H12N2O5/c21-18(22)15-11-12(19-16-8-4-3-7-14(15)16)5-1-2-6-13-9-10-17(25-13)20(23)24/h1-11H,(H,21,22)/b5-1+,6-2+. The molecule has 0 aliphatic rings. The number of carboxylic acid groups (broad SMARTS) is 1. The van der Waals surface area contributed by atoms with E-state index in [-0.39, 0.29) is 11.4 Å². The molecule has 7 heteroatoms. The fourth-order valence-corrected chi connectivity index (χ4v) is 2.29. The van der Waals surface area contributed by atoms with Gasteiger partial charge in [0.25, 0.3) is 0 Å². The first kappa shape index (κ1) is 16.1. The van der Waals surface area contributed by atoms with Crippen LogP contribution >= 0.6 is 0 Å². The Hall–Kier alpha value is -3.74. The average Bonchev–Trinajstić information content (AvgIpc) is 3.07. The van der Waals surface area contributed by atoms with E-state index in [0.717, 1.165) is 0 Å². The number of fused-ring (bicyclic) bond motifs is 1. The van der Waals surface area contributed by atoms with Gasteiger partial charge in [-0.05, 0) is 30.4 Å². The van der Waals surface area contributed by atoms with Crippen molar-refractivity contribution in [1.82, 2.24) is 4.98 Å². The minimum atomic E-state index is -1.02. The van der Waals surface area contributed by atoms with E-state index >= 15 is 0 Å². The second-order valence-corrected chi connectivity index (χ2v) is 5.07. The molecule has 0 spiro atoms. The van der Waals surface area contributed by atoms with Crippen LogP contribution in [0, 0.1) is 10.1 Å². The molecule has 3 rings (SSSR count). The molecule has 124 valence electrons. The van der Waals surface area contributed by atoms with E-state index in [2.05, 4.69) is 4.98 Å². The van der Waals surface area contributed by atoms with Gasteiger partial charge in [0.1, 0.15) is 10.7 Å². The number of carbonyl (C=O) groups is 1. The second-order valence-electron chi connectivity index (χ2n) is 5.07. The van der Waals surface area contributed by atoms with E-state index in [1.165, 1.54) is 18.2 Å². The van der Waals surface area contributed by atoms with E-state index in [1.807, 2.05) is 0 Å². The molecule has 0 radical (unpaired) electrons. The van der Waals surface area contributed by atoms with Crippen molar-refractivity contribution in [3.8, 4) is 0 Å². The van der Waals surface area contributed by atoms with Gasteiger partial charge in [-0.3, -0.25) is 10.1 Å². The summed E-state index contributed by atoms with van der Waals surface area (Å²) in [7, 11) is 0. The van der Waals surface area contributed by atoms with Gasteiger partial charge in [0.2, 0.25) is 0 Å². The van der Waals surface area contributed by atoms with Gasteiger partial charge in [-0.15, -0.1) is 0 Å². The first-order valence-corrected chi connectivity index (χ1v) is 7.26. The summed E-state index contributed by atoms with van der Waals surface area (Å²) in [5.41, 5.74) is 1.26. The molecule has 0 amide bonds. The molecule has 0 bridgehead atoms. The summed E-state index contributed by atoms with van der Waals surface area (Å²) in [6.07, 6.45) is 6.48. The Kier molecular flexibility index (Phi) is 4.38. The number of pyridine rings is 1. The Balaban J connectivity index is 1.84. The van der Waals surface area contributed by atoms with Crippen molar-refractivity contribution in [2.24, 2.45) is 0 Å². The molecular formula is C18H12N2O5. The van der Waals surface area contributed by atoms with Gasteiger partial charge in [0, 0.05) is 5.39 Å². The summed E-state index contributed by atoms with van der Waals surface area (Å²) >= 11 is 0. The van der Waals surface area contributed by atoms with Crippen LogP contribution in [-0.4, -0.2) is 21.0 Å². The number of hydrogen-bond donors (Lipinski definition) is 1. The lowest BCUT2D eigenvalue weighted by atomic mass is 10.1. The van der Waals surface area contributed by atoms with Crippen molar-refractivity contribution in [3.63, 3.8) is 0 Å². The molecule has 1 aromatic carbocycles. The van der Waals surface area contributed by atoms with Crippen molar-refractivity contribution < 1.29 is 19.2 Å². The third-order valence-corrected chi connectivity index (χ3v) is 3.40. The number of nitrogens with zero attached hydrogens (tertiary/aromatic N) is 2. The van der Waals surface area contributed by atoms with Crippen LogP contribution in [0.5, 0.6) is 0 Å². The number of aromatic carboxylic acids is 1. The predicted molar refractivity (Wildman–Crippen MR) is 92.1 cm³/mol. The quantitative estimate of drug-likeness (QED) is 0.426. The number of benzene rings is 1. The van der Waals surface area contributed by atoms with E-state index in [4.69, 9.17) is 4.42 Å². The van der Waals surface area contributed by atoms with Crippen molar-refractivity contribution in [1.29, 1.82) is 0 Å². The van der Waals surface area contributed by atoms with Crippen molar-refractivity contribution in [2.75, 3.05) is 0 Å². The molecule has 0 unspecified atom stereocenters. The number of nitro groups is 1. The first-order valence-electron chi connectivity index (χ1n) is 7.26. The smallest absolute Gasteiger partial charge is 0.433 e. The predicted octanol–water partition coefficient (Wildman–Crippen LogP) is 4.16. The topological polar surface area (TPSA) is 106 Å². The Morgan fingerprint density at radius 3 is 2.64 bits per heavy atom. The zero-order valence-electron chi connectivity index (χ0n) is 12.8. The van der Waals surface area contributed by atoms with Crippen LogP contribution in [0.3, 0.4) is 0 Å². The van der Waals surface area contributed by atoms with Crippen LogP contribution in [0.15, 0.2) is 59.0 Å². The maximum atomic E-state index is 11.4. The maximum Gasteiger partial charge on any atom is 0.433 e. The molecule has 0 aliphatic heterocycles. The van der Waals surface area contributed by atoms with E-state index in [1.54, 1.807) is 48.6 Å². The van der Waals surface area contributed by atoms with Gasteiger partial charge in [-0.2, -0.15) is 0 Å². The minimum absolute atomic E-state index is 0.177. The van der Waals surface area contributed by atoms with E-state index in [9.17, 15) is 20.0 Å². The molecule has 0 saturated heterocycles. The van der Waals surface area contributed by atoms with Gasteiger partial charge < -0.3 is 9.52 Å². The highest BCUT2D eigenvalue weighted by atomic mass is 16.6. The van der Waals surface area contributed by atoms with Crippen LogP contribution in [0.4, 0.5) is 5.88 Å². The first-order chi connectivity index (χ1) is 12.0. The molecule has 3 aromatic rings. The van der Waals surface area contributed by atoms with Gasteiger partial charge in [-0.1, -0.05) is 30.4 Å². The molecular weight excluding hydrogens is 324 g/mol. The largest absolute Gasteiger partial charge is 0.478 e. The molecule has 1 N–H and O–H groups in total. The SMILES string of the molecule is O=C(O)c1cc(/C=C/C=C/c2ccc([N+](=O)[O-])o2)nc2ccccc12. The number of hydrogen-bond acceptors (Lipinski definition) is 5. The third kappa shape index (κ3) is 3.61. The summed E-state index contributed by atoms with van der Waals surface area (Å²) in [5, 5.41) is 20.5. The summed E-state index contributed by atoms with van der Waals surface area (Å²) in [6, 6.07) is 11.3. The Morgan fingerprint density at radius 1 is 1.16 bits per heavy atom. The fraction of sp³-hybridized carbons (Fsp3) is 0. The molecule has 25 heavy (non-hydrogen) atoms. The van der Waals surface area contributed by atoms with Crippen molar-refractivity contribution in [2.45, 2.75) is 0 Å². The monoisotopic (exact) mass is 336 g/mol. The zero-order valence-corrected chi connectivity index (χ0v) is 12.8. The molecule has 0 aliphatic carbocycles. The van der Waals surface area contributed by atoms with Crippen LogP contribution in [0.2, 0.25) is 0 Å². The lowest BCUT2D eigenvalue weighted by Gasteiger charge is -2.03. The van der Waals surface area contributed by atoms with Crippen LogP contribution in [-0.2, 0) is 0 Å². The van der Waals surface area contributed by atoms with Crippen LogP contribution in [0.25, 0.3) is 23.1 Å². The Bertz CT molecular complexity index is 1020. The number of rotatable bonds is 5. The normalized spacial score (nSPS) is 11.5. The lowest BCUT2D eigenvalue weighted by Crippen LogP contribution is -1.99. The molecule has 0 saturated carbocycles. The highest BCUT2D eigenvalue weighted by molar-refractivity contribution is 6.02. The zero-order chi connectivity index (χ0) is 17.8. The second kappa shape index (κ2) is 6.79. The van der Waals surface area contributed by atoms with Gasteiger partial charge in [0.15, 0.2) is 0 Å². The average molecular weight is 336 g/mol. The minimum Gasteiger partial charge on any atom is -0.478 e. The lowest BCUT2D eigenvalue weighted by molar-refractivity contribution is -0.402. The number of carboxylic acids is 1. The Labute approximate surface area is 141 Å². The molecule has 0 fully saturated rings.